The molecule has 1 heterocycles. The lowest BCUT2D eigenvalue weighted by atomic mass is 10.1. The molecule has 2 unspecified atom stereocenters. The van der Waals surface area contributed by atoms with Gasteiger partial charge in [-0.15, -0.1) is 0 Å². The maximum absolute atomic E-state index is 14.9. The van der Waals surface area contributed by atoms with Gasteiger partial charge in [-0.3, -0.25) is 0 Å². The molecule has 6 nitrogen and oxygen atoms in total. The van der Waals surface area contributed by atoms with Gasteiger partial charge in [0.2, 0.25) is 0 Å². The summed E-state index contributed by atoms with van der Waals surface area (Å²) in [6, 6.07) is -0.580. The number of aromatic amines is 1. The molecule has 1 aromatic heterocycles. The molecule has 1 aromatic carbocycles. The molecule has 0 aliphatic heterocycles. The van der Waals surface area contributed by atoms with Gasteiger partial charge in [-0.2, -0.15) is 0 Å². The summed E-state index contributed by atoms with van der Waals surface area (Å²) in [5.41, 5.74) is -0.384. The molecule has 0 radical (unpaired) electrons. The number of nitrogens with one attached hydrogen (secondary N) is 1. The Morgan fingerprint density at radius 2 is 1.89 bits per heavy atom. The number of hydrogen-bond acceptors (Lipinski definition) is 4. The number of benzene rings is 1. The summed E-state index contributed by atoms with van der Waals surface area (Å²) in [4.78, 5) is 31.5. The first-order valence-electron chi connectivity index (χ1n) is 8.83. The molecule has 27 heavy (non-hydrogen) atoms. The molecule has 1 amide bonds. The van der Waals surface area contributed by atoms with E-state index in [1.807, 2.05) is 0 Å². The van der Waals surface area contributed by atoms with Crippen molar-refractivity contribution >= 4 is 23.4 Å². The number of ether oxygens (including phenoxy) is 1. The van der Waals surface area contributed by atoms with Gasteiger partial charge in [-0.05, 0) is 51.7 Å². The van der Waals surface area contributed by atoms with Gasteiger partial charge >= 0.3 is 6.09 Å². The Bertz CT molecular complexity index is 868. The zero-order valence-electron chi connectivity index (χ0n) is 16.0. The Balaban J connectivity index is 1.96. The van der Waals surface area contributed by atoms with Crippen LogP contribution >= 0.6 is 0 Å². The van der Waals surface area contributed by atoms with E-state index >= 15 is 0 Å². The standard InChI is InChI=1S/C19H23F2N3O3/c1-9(24(5)18(26)27-19(2,3)4)17-22-15-13(20)11-6-10(8-25)7-12(11)14(21)16(15)23-17/h8-10H,6-7H2,1-5H3,(H,22,23). The highest BCUT2D eigenvalue weighted by atomic mass is 19.1. The number of hydrogen-bond donors (Lipinski definition) is 1. The molecular weight excluding hydrogens is 356 g/mol. The van der Waals surface area contributed by atoms with E-state index in [-0.39, 0.29) is 40.8 Å². The fourth-order valence-corrected chi connectivity index (χ4v) is 3.26. The van der Waals surface area contributed by atoms with E-state index in [0.717, 1.165) is 6.29 Å². The zero-order valence-corrected chi connectivity index (χ0v) is 16.0. The van der Waals surface area contributed by atoms with E-state index in [2.05, 4.69) is 9.97 Å². The van der Waals surface area contributed by atoms with Crippen molar-refractivity contribution < 1.29 is 23.1 Å². The molecule has 1 N–H and O–H groups in total. The number of carbonyl (C=O) groups excluding carboxylic acids is 2. The molecule has 8 heteroatoms. The molecule has 0 saturated carbocycles. The molecule has 0 saturated heterocycles. The second kappa shape index (κ2) is 6.58. The van der Waals surface area contributed by atoms with Crippen molar-refractivity contribution in [1.82, 2.24) is 14.9 Å². The van der Waals surface area contributed by atoms with E-state index in [0.29, 0.717) is 0 Å². The molecule has 146 valence electrons. The van der Waals surface area contributed by atoms with Crippen molar-refractivity contribution in [3.8, 4) is 0 Å². The first-order chi connectivity index (χ1) is 12.5. The highest BCUT2D eigenvalue weighted by molar-refractivity contribution is 5.80. The minimum absolute atomic E-state index is 0.0442. The molecule has 0 bridgehead atoms. The third-order valence-corrected chi connectivity index (χ3v) is 4.83. The Hall–Kier alpha value is -2.51. The van der Waals surface area contributed by atoms with Crippen molar-refractivity contribution in [2.45, 2.75) is 52.2 Å². The Labute approximate surface area is 155 Å². The van der Waals surface area contributed by atoms with Gasteiger partial charge in [-0.1, -0.05) is 0 Å². The van der Waals surface area contributed by atoms with Gasteiger partial charge in [0.05, 0.1) is 6.04 Å². The molecule has 2 aromatic rings. The van der Waals surface area contributed by atoms with Crippen molar-refractivity contribution in [2.24, 2.45) is 5.92 Å². The van der Waals surface area contributed by atoms with Crippen LogP contribution in [0.15, 0.2) is 0 Å². The van der Waals surface area contributed by atoms with Gasteiger partial charge in [0.25, 0.3) is 0 Å². The summed E-state index contributed by atoms with van der Waals surface area (Å²) in [5.74, 6) is -1.35. The summed E-state index contributed by atoms with van der Waals surface area (Å²) >= 11 is 0. The third-order valence-electron chi connectivity index (χ3n) is 4.83. The highest BCUT2D eigenvalue weighted by Crippen LogP contribution is 2.36. The maximum Gasteiger partial charge on any atom is 0.410 e. The quantitative estimate of drug-likeness (QED) is 0.826. The number of aldehydes is 1. The number of H-pyrrole nitrogens is 1. The summed E-state index contributed by atoms with van der Waals surface area (Å²) in [5, 5.41) is 0. The van der Waals surface area contributed by atoms with E-state index in [9.17, 15) is 18.4 Å². The van der Waals surface area contributed by atoms with Crippen LogP contribution in [0.25, 0.3) is 11.0 Å². The van der Waals surface area contributed by atoms with E-state index < -0.39 is 35.3 Å². The van der Waals surface area contributed by atoms with Crippen LogP contribution in [0.3, 0.4) is 0 Å². The van der Waals surface area contributed by atoms with E-state index in [1.165, 1.54) is 11.9 Å². The second-order valence-electron chi connectivity index (χ2n) is 8.00. The van der Waals surface area contributed by atoms with Gasteiger partial charge < -0.3 is 19.4 Å². The average molecular weight is 379 g/mol. The topological polar surface area (TPSA) is 75.3 Å². The van der Waals surface area contributed by atoms with Crippen LogP contribution in [0.1, 0.15) is 50.7 Å². The van der Waals surface area contributed by atoms with Crippen LogP contribution in [-0.2, 0) is 22.4 Å². The predicted octanol–water partition coefficient (Wildman–Crippen LogP) is 3.68. The molecule has 1 aliphatic rings. The first kappa shape index (κ1) is 19.3. The van der Waals surface area contributed by atoms with Crippen LogP contribution < -0.4 is 0 Å². The number of imidazole rings is 1. The monoisotopic (exact) mass is 379 g/mol. The summed E-state index contributed by atoms with van der Waals surface area (Å²) in [6.45, 7) is 6.95. The molecule has 0 fully saturated rings. The number of carbonyl (C=O) groups is 2. The lowest BCUT2D eigenvalue weighted by Crippen LogP contribution is -2.36. The van der Waals surface area contributed by atoms with Gasteiger partial charge in [0.1, 0.15) is 28.7 Å². The molecule has 3 rings (SSSR count). The van der Waals surface area contributed by atoms with Gasteiger partial charge in [0.15, 0.2) is 11.6 Å². The zero-order chi connectivity index (χ0) is 20.1. The van der Waals surface area contributed by atoms with Crippen LogP contribution in [0.2, 0.25) is 0 Å². The smallest absolute Gasteiger partial charge is 0.410 e. The lowest BCUT2D eigenvalue weighted by Gasteiger charge is -2.27. The number of halogens is 2. The molecule has 0 spiro atoms. The van der Waals surface area contributed by atoms with Crippen molar-refractivity contribution in [1.29, 1.82) is 0 Å². The van der Waals surface area contributed by atoms with Crippen molar-refractivity contribution in [2.75, 3.05) is 7.05 Å². The lowest BCUT2D eigenvalue weighted by molar-refractivity contribution is -0.110. The van der Waals surface area contributed by atoms with Crippen LogP contribution in [0.4, 0.5) is 13.6 Å². The normalized spacial score (nSPS) is 15.7. The third kappa shape index (κ3) is 3.40. The van der Waals surface area contributed by atoms with Gasteiger partial charge in [-0.25, -0.2) is 18.6 Å². The number of fused-ring (bicyclic) bond motifs is 2. The molecule has 1 aliphatic carbocycles. The Morgan fingerprint density at radius 1 is 1.30 bits per heavy atom. The minimum Gasteiger partial charge on any atom is -0.444 e. The van der Waals surface area contributed by atoms with E-state index in [1.54, 1.807) is 27.7 Å². The molecule has 2 atom stereocenters. The molecular formula is C19H23F2N3O3. The minimum atomic E-state index is -0.660. The number of rotatable bonds is 3. The Kier molecular flexibility index (Phi) is 4.69. The van der Waals surface area contributed by atoms with Crippen molar-refractivity contribution in [3.05, 3.63) is 28.6 Å². The van der Waals surface area contributed by atoms with Gasteiger partial charge in [0, 0.05) is 13.0 Å². The number of aromatic nitrogens is 2. The fourth-order valence-electron chi connectivity index (χ4n) is 3.26. The van der Waals surface area contributed by atoms with Crippen molar-refractivity contribution in [3.63, 3.8) is 0 Å². The average Bonchev–Trinajstić information content (AvgIpc) is 3.21. The second-order valence-corrected chi connectivity index (χ2v) is 8.00. The summed E-state index contributed by atoms with van der Waals surface area (Å²) in [6.07, 6.45) is 0.517. The summed E-state index contributed by atoms with van der Waals surface area (Å²) in [7, 11) is 1.54. The SMILES string of the molecule is CC(c1nc2c(F)c3c(c(F)c2[nH]1)CC(C=O)C3)N(C)C(=O)OC(C)(C)C. The Morgan fingerprint density at radius 3 is 2.44 bits per heavy atom. The number of amides is 1. The fraction of sp³-hybridized carbons (Fsp3) is 0.526. The number of nitrogens with zero attached hydrogens (tertiary/aromatic N) is 2. The first-order valence-corrected chi connectivity index (χ1v) is 8.83. The van der Waals surface area contributed by atoms with Crippen LogP contribution in [0.5, 0.6) is 0 Å². The van der Waals surface area contributed by atoms with E-state index in [4.69, 9.17) is 4.74 Å². The van der Waals surface area contributed by atoms with Crippen LogP contribution in [-0.4, -0.2) is 39.9 Å². The maximum atomic E-state index is 14.9. The van der Waals surface area contributed by atoms with Crippen LogP contribution in [0, 0.1) is 17.6 Å². The highest BCUT2D eigenvalue weighted by Gasteiger charge is 2.32. The predicted molar refractivity (Wildman–Crippen MR) is 95.4 cm³/mol. The largest absolute Gasteiger partial charge is 0.444 e. The summed E-state index contributed by atoms with van der Waals surface area (Å²) < 4.78 is 35.0.